The lowest BCUT2D eigenvalue weighted by Crippen LogP contribution is -2.57. The van der Waals surface area contributed by atoms with E-state index in [1.54, 1.807) is 7.11 Å². The van der Waals surface area contributed by atoms with E-state index in [1.807, 2.05) is 53.1 Å². The van der Waals surface area contributed by atoms with Gasteiger partial charge in [-0.05, 0) is 24.3 Å². The lowest BCUT2D eigenvalue weighted by atomic mass is 10.0. The van der Waals surface area contributed by atoms with Crippen molar-refractivity contribution in [2.75, 3.05) is 20.3 Å². The van der Waals surface area contributed by atoms with Gasteiger partial charge in [-0.2, -0.15) is 0 Å². The summed E-state index contributed by atoms with van der Waals surface area (Å²) in [4.78, 5) is 4.64. The second kappa shape index (κ2) is 10.1. The Morgan fingerprint density at radius 2 is 1.72 bits per heavy atom. The molecule has 5 unspecified atom stereocenters. The Morgan fingerprint density at radius 3 is 2.47 bits per heavy atom. The quantitative estimate of drug-likeness (QED) is 0.388. The number of fused-ring (bicyclic) bond motifs is 1. The number of nitrogens with zero attached hydrogens (tertiary/aromatic N) is 2. The minimum atomic E-state index is -1.44. The molecular weight excluding hydrogens is 436 g/mol. The minimum absolute atomic E-state index is 0.336. The van der Waals surface area contributed by atoms with Crippen LogP contribution in [0.25, 0.3) is 11.0 Å². The minimum Gasteiger partial charge on any atom is -0.493 e. The molecule has 0 saturated carbocycles. The molecule has 4 rings (SSSR count). The van der Waals surface area contributed by atoms with Gasteiger partial charge in [0, 0.05) is 0 Å². The summed E-state index contributed by atoms with van der Waals surface area (Å²) < 4.78 is 18.8. The standard InChI is InChI=1S/C22H26N2O7S/c1-29-15-8-4-5-9-16(15)30-11-10-24-14-7-3-2-6-13(14)23-22(24)32-21-20(28)19(27)18(26)17(12-25)31-21/h2-9,17-21,25-28H,10-12H2,1H3. The van der Waals surface area contributed by atoms with Gasteiger partial charge in [0.2, 0.25) is 0 Å². The fraction of sp³-hybridized carbons (Fsp3) is 0.409. The maximum absolute atomic E-state index is 10.4. The average molecular weight is 463 g/mol. The molecule has 0 amide bonds. The highest BCUT2D eigenvalue weighted by molar-refractivity contribution is 7.99. The molecule has 10 heteroatoms. The Labute approximate surface area is 189 Å². The van der Waals surface area contributed by atoms with Crippen LogP contribution in [0.1, 0.15) is 0 Å². The van der Waals surface area contributed by atoms with Crippen LogP contribution >= 0.6 is 11.8 Å². The normalized spacial score (nSPS) is 25.7. The van der Waals surface area contributed by atoms with Gasteiger partial charge in [-0.15, -0.1) is 0 Å². The molecule has 4 N–H and O–H groups in total. The Kier molecular flexibility index (Phi) is 7.19. The first-order chi connectivity index (χ1) is 15.5. The van der Waals surface area contributed by atoms with E-state index in [1.165, 1.54) is 0 Å². The second-order valence-corrected chi connectivity index (χ2v) is 8.41. The van der Waals surface area contributed by atoms with Gasteiger partial charge in [0.15, 0.2) is 16.7 Å². The van der Waals surface area contributed by atoms with Crippen molar-refractivity contribution >= 4 is 22.8 Å². The van der Waals surface area contributed by atoms with Gasteiger partial charge in [-0.3, -0.25) is 0 Å². The zero-order valence-corrected chi connectivity index (χ0v) is 18.3. The molecule has 1 saturated heterocycles. The fourth-order valence-electron chi connectivity index (χ4n) is 3.61. The van der Waals surface area contributed by atoms with E-state index in [2.05, 4.69) is 4.98 Å². The van der Waals surface area contributed by atoms with Crippen molar-refractivity contribution < 1.29 is 34.6 Å². The van der Waals surface area contributed by atoms with Gasteiger partial charge in [-0.25, -0.2) is 4.98 Å². The van der Waals surface area contributed by atoms with Crippen LogP contribution in [0, 0.1) is 0 Å². The second-order valence-electron chi connectivity index (χ2n) is 7.35. The first-order valence-corrected chi connectivity index (χ1v) is 11.1. The first-order valence-electron chi connectivity index (χ1n) is 10.2. The number of aromatic nitrogens is 2. The number of rotatable bonds is 8. The Morgan fingerprint density at radius 1 is 1.00 bits per heavy atom. The van der Waals surface area contributed by atoms with Crippen LogP contribution in [-0.4, -0.2) is 80.2 Å². The highest BCUT2D eigenvalue weighted by atomic mass is 32.2. The zero-order chi connectivity index (χ0) is 22.7. The van der Waals surface area contributed by atoms with E-state index in [-0.39, 0.29) is 0 Å². The third-order valence-electron chi connectivity index (χ3n) is 5.33. The largest absolute Gasteiger partial charge is 0.493 e. The van der Waals surface area contributed by atoms with Gasteiger partial charge in [-0.1, -0.05) is 36.0 Å². The van der Waals surface area contributed by atoms with Crippen LogP contribution in [0.2, 0.25) is 0 Å². The SMILES string of the molecule is COc1ccccc1OCCn1c(SC2OC(CO)C(O)C(O)C2O)nc2ccccc21. The maximum Gasteiger partial charge on any atom is 0.171 e. The van der Waals surface area contributed by atoms with Gasteiger partial charge < -0.3 is 39.2 Å². The predicted octanol–water partition coefficient (Wildman–Crippen LogP) is 1.02. The van der Waals surface area contributed by atoms with Crippen LogP contribution < -0.4 is 9.47 Å². The lowest BCUT2D eigenvalue weighted by molar-refractivity contribution is -0.205. The van der Waals surface area contributed by atoms with Crippen molar-refractivity contribution in [2.45, 2.75) is 41.6 Å². The molecule has 0 spiro atoms. The summed E-state index contributed by atoms with van der Waals surface area (Å²) in [6.07, 6.45) is -5.17. The molecule has 2 aromatic carbocycles. The summed E-state index contributed by atoms with van der Waals surface area (Å²) in [5.41, 5.74) is 0.719. The summed E-state index contributed by atoms with van der Waals surface area (Å²) in [7, 11) is 1.58. The lowest BCUT2D eigenvalue weighted by Gasteiger charge is -2.39. The van der Waals surface area contributed by atoms with E-state index in [0.29, 0.717) is 29.8 Å². The molecule has 5 atom stereocenters. The smallest absolute Gasteiger partial charge is 0.171 e. The van der Waals surface area contributed by atoms with Crippen molar-refractivity contribution in [3.05, 3.63) is 48.5 Å². The molecule has 0 bridgehead atoms. The number of para-hydroxylation sites is 4. The Balaban J connectivity index is 1.55. The fourth-order valence-corrected chi connectivity index (χ4v) is 4.79. The van der Waals surface area contributed by atoms with Crippen LogP contribution in [-0.2, 0) is 11.3 Å². The monoisotopic (exact) mass is 462 g/mol. The van der Waals surface area contributed by atoms with Crippen LogP contribution in [0.4, 0.5) is 0 Å². The summed E-state index contributed by atoms with van der Waals surface area (Å²) in [5, 5.41) is 40.6. The van der Waals surface area contributed by atoms with Crippen LogP contribution in [0.3, 0.4) is 0 Å². The number of benzene rings is 2. The molecule has 2 heterocycles. The number of hydrogen-bond donors (Lipinski definition) is 4. The molecule has 1 fully saturated rings. The topological polar surface area (TPSA) is 126 Å². The number of aliphatic hydroxyl groups excluding tert-OH is 4. The highest BCUT2D eigenvalue weighted by Gasteiger charge is 2.44. The van der Waals surface area contributed by atoms with Crippen molar-refractivity contribution in [1.82, 2.24) is 9.55 Å². The molecule has 32 heavy (non-hydrogen) atoms. The highest BCUT2D eigenvalue weighted by Crippen LogP contribution is 2.34. The van der Waals surface area contributed by atoms with E-state index >= 15 is 0 Å². The number of thioether (sulfide) groups is 1. The van der Waals surface area contributed by atoms with Crippen LogP contribution in [0.15, 0.2) is 53.7 Å². The van der Waals surface area contributed by atoms with Crippen molar-refractivity contribution in [3.8, 4) is 11.5 Å². The zero-order valence-electron chi connectivity index (χ0n) is 17.4. The van der Waals surface area contributed by atoms with E-state index in [4.69, 9.17) is 14.2 Å². The van der Waals surface area contributed by atoms with Crippen molar-refractivity contribution in [2.24, 2.45) is 0 Å². The van der Waals surface area contributed by atoms with E-state index in [0.717, 1.165) is 22.8 Å². The summed E-state index contributed by atoms with van der Waals surface area (Å²) in [5.74, 6) is 1.27. The molecule has 1 aliphatic heterocycles. The van der Waals surface area contributed by atoms with Crippen molar-refractivity contribution in [1.29, 1.82) is 0 Å². The molecule has 1 aromatic heterocycles. The molecule has 9 nitrogen and oxygen atoms in total. The van der Waals surface area contributed by atoms with Gasteiger partial charge in [0.05, 0.1) is 31.3 Å². The van der Waals surface area contributed by atoms with Crippen molar-refractivity contribution in [3.63, 3.8) is 0 Å². The molecule has 1 aliphatic rings. The molecule has 172 valence electrons. The number of ether oxygens (including phenoxy) is 3. The third kappa shape index (κ3) is 4.56. The van der Waals surface area contributed by atoms with Gasteiger partial charge in [0.1, 0.15) is 36.5 Å². The van der Waals surface area contributed by atoms with E-state index in [9.17, 15) is 20.4 Å². The Bertz CT molecular complexity index is 1040. The predicted molar refractivity (Wildman–Crippen MR) is 118 cm³/mol. The number of hydrogen-bond acceptors (Lipinski definition) is 9. The maximum atomic E-state index is 10.4. The van der Waals surface area contributed by atoms with Gasteiger partial charge in [0.25, 0.3) is 0 Å². The molecule has 3 aromatic rings. The molecular formula is C22H26N2O7S. The first kappa shape index (κ1) is 22.8. The van der Waals surface area contributed by atoms with E-state index < -0.39 is 36.5 Å². The number of imidazole rings is 1. The summed E-state index contributed by atoms with van der Waals surface area (Å²) >= 11 is 1.12. The Hall–Kier alpha value is -2.34. The average Bonchev–Trinajstić information content (AvgIpc) is 3.16. The van der Waals surface area contributed by atoms with Crippen LogP contribution in [0.5, 0.6) is 11.5 Å². The summed E-state index contributed by atoms with van der Waals surface area (Å²) in [6.45, 7) is 0.312. The molecule has 0 radical (unpaired) electrons. The number of methoxy groups -OCH3 is 1. The summed E-state index contributed by atoms with van der Waals surface area (Å²) in [6, 6.07) is 15.0. The number of aliphatic hydroxyl groups is 4. The molecule has 0 aliphatic carbocycles. The van der Waals surface area contributed by atoms with Gasteiger partial charge >= 0.3 is 0 Å². The third-order valence-corrected chi connectivity index (χ3v) is 6.48.